The molecule has 5 rings (SSSR count). The van der Waals surface area contributed by atoms with E-state index in [2.05, 4.69) is 36.3 Å². The third kappa shape index (κ3) is 4.33. The minimum Gasteiger partial charge on any atom is -0.487 e. The molecule has 172 valence electrons. The molecule has 3 aromatic rings. The fourth-order valence-electron chi connectivity index (χ4n) is 4.56. The lowest BCUT2D eigenvalue weighted by atomic mass is 9.97. The predicted molar refractivity (Wildman–Crippen MR) is 125 cm³/mol. The maximum atomic E-state index is 13.3. The maximum Gasteiger partial charge on any atom is 0.272 e. The number of fused-ring (bicyclic) bond motifs is 1. The molecule has 2 aromatic carbocycles. The highest BCUT2D eigenvalue weighted by Gasteiger charge is 2.28. The molecule has 7 nitrogen and oxygen atoms in total. The van der Waals surface area contributed by atoms with Gasteiger partial charge < -0.3 is 19.1 Å². The highest BCUT2D eigenvalue weighted by molar-refractivity contribution is 5.92. The molecule has 0 saturated carbocycles. The van der Waals surface area contributed by atoms with Crippen molar-refractivity contribution in [3.05, 3.63) is 65.0 Å². The summed E-state index contributed by atoms with van der Waals surface area (Å²) >= 11 is 0. The van der Waals surface area contributed by atoms with Crippen molar-refractivity contribution < 1.29 is 19.0 Å². The second-order valence-electron chi connectivity index (χ2n) is 8.75. The summed E-state index contributed by atoms with van der Waals surface area (Å²) < 4.78 is 19.7. The molecule has 0 N–H and O–H groups in total. The Kier molecular flexibility index (Phi) is 5.81. The molecule has 1 fully saturated rings. The molecule has 1 amide bonds. The molecule has 0 aliphatic carbocycles. The quantitative estimate of drug-likeness (QED) is 0.607. The summed E-state index contributed by atoms with van der Waals surface area (Å²) in [4.78, 5) is 15.2. The van der Waals surface area contributed by atoms with Crippen molar-refractivity contribution in [1.82, 2.24) is 14.7 Å². The molecule has 0 bridgehead atoms. The smallest absolute Gasteiger partial charge is 0.272 e. The van der Waals surface area contributed by atoms with E-state index < -0.39 is 0 Å². The summed E-state index contributed by atoms with van der Waals surface area (Å²) in [5.41, 5.74) is 5.70. The summed E-state index contributed by atoms with van der Waals surface area (Å²) in [6.07, 6.45) is 0.858. The molecule has 1 aromatic heterocycles. The fourth-order valence-corrected chi connectivity index (χ4v) is 4.56. The lowest BCUT2D eigenvalue weighted by Gasteiger charge is -2.21. The standard InChI is InChI=1S/C26H29N3O4/c1-17-6-4-5-7-22(17)19-13-20-15-29(26(30)23-12-18(2)27-28(23)3)9-11-32-25(20)24(14-19)33-21-8-10-31-16-21/h4-7,12-14,21H,8-11,15-16H2,1-3H3. The molecule has 2 aliphatic rings. The Balaban J connectivity index is 1.54. The van der Waals surface area contributed by atoms with Gasteiger partial charge in [0, 0.05) is 25.6 Å². The highest BCUT2D eigenvalue weighted by Crippen LogP contribution is 2.40. The van der Waals surface area contributed by atoms with Gasteiger partial charge in [-0.2, -0.15) is 5.10 Å². The Morgan fingerprint density at radius 2 is 2.00 bits per heavy atom. The van der Waals surface area contributed by atoms with E-state index in [9.17, 15) is 4.79 Å². The second kappa shape index (κ2) is 8.90. The van der Waals surface area contributed by atoms with E-state index in [4.69, 9.17) is 14.2 Å². The molecular formula is C26H29N3O4. The van der Waals surface area contributed by atoms with Crippen molar-refractivity contribution in [3.8, 4) is 22.6 Å². The minimum atomic E-state index is -0.0532. The van der Waals surface area contributed by atoms with Gasteiger partial charge in [0.2, 0.25) is 0 Å². The largest absolute Gasteiger partial charge is 0.487 e. The summed E-state index contributed by atoms with van der Waals surface area (Å²) in [5, 5.41) is 4.34. The van der Waals surface area contributed by atoms with Crippen molar-refractivity contribution in [1.29, 1.82) is 0 Å². The van der Waals surface area contributed by atoms with Crippen molar-refractivity contribution in [2.45, 2.75) is 32.9 Å². The molecule has 0 spiro atoms. The van der Waals surface area contributed by atoms with Crippen LogP contribution in [0.15, 0.2) is 42.5 Å². The van der Waals surface area contributed by atoms with E-state index in [0.29, 0.717) is 44.4 Å². The van der Waals surface area contributed by atoms with Crippen LogP contribution < -0.4 is 9.47 Å². The first-order valence-corrected chi connectivity index (χ1v) is 11.4. The van der Waals surface area contributed by atoms with E-state index in [1.807, 2.05) is 30.0 Å². The zero-order valence-corrected chi connectivity index (χ0v) is 19.3. The summed E-state index contributed by atoms with van der Waals surface area (Å²) in [5.74, 6) is 1.38. The van der Waals surface area contributed by atoms with E-state index in [-0.39, 0.29) is 12.0 Å². The van der Waals surface area contributed by atoms with Gasteiger partial charge in [0.1, 0.15) is 18.4 Å². The monoisotopic (exact) mass is 447 g/mol. The number of carbonyl (C=O) groups is 1. The number of benzene rings is 2. The van der Waals surface area contributed by atoms with Crippen LogP contribution in [0.2, 0.25) is 0 Å². The predicted octanol–water partition coefficient (Wildman–Crippen LogP) is 3.91. The number of rotatable bonds is 4. The molecule has 3 heterocycles. The zero-order valence-electron chi connectivity index (χ0n) is 19.3. The number of hydrogen-bond donors (Lipinski definition) is 0. The SMILES string of the molecule is Cc1cc(C(=O)N2CCOc3c(cc(-c4ccccc4C)cc3OC3CCOC3)C2)n(C)n1. The van der Waals surface area contributed by atoms with Crippen LogP contribution in [-0.2, 0) is 18.3 Å². The Bertz CT molecular complexity index is 1180. The zero-order chi connectivity index (χ0) is 22.9. The van der Waals surface area contributed by atoms with Gasteiger partial charge in [-0.25, -0.2) is 0 Å². The first kappa shape index (κ1) is 21.5. The van der Waals surface area contributed by atoms with Gasteiger partial charge in [0.05, 0.1) is 25.5 Å². The number of carbonyl (C=O) groups excluding carboxylic acids is 1. The van der Waals surface area contributed by atoms with E-state index in [0.717, 1.165) is 34.6 Å². The lowest BCUT2D eigenvalue weighted by Crippen LogP contribution is -2.33. The number of aromatic nitrogens is 2. The number of hydrogen-bond acceptors (Lipinski definition) is 5. The molecule has 1 unspecified atom stereocenters. The van der Waals surface area contributed by atoms with E-state index >= 15 is 0 Å². The van der Waals surface area contributed by atoms with Crippen LogP contribution in [0, 0.1) is 13.8 Å². The first-order chi connectivity index (χ1) is 16.0. The van der Waals surface area contributed by atoms with Crippen molar-refractivity contribution in [3.63, 3.8) is 0 Å². The van der Waals surface area contributed by atoms with Crippen LogP contribution in [0.3, 0.4) is 0 Å². The molecule has 33 heavy (non-hydrogen) atoms. The van der Waals surface area contributed by atoms with E-state index in [1.165, 1.54) is 5.56 Å². The first-order valence-electron chi connectivity index (χ1n) is 11.4. The van der Waals surface area contributed by atoms with Crippen molar-refractivity contribution >= 4 is 5.91 Å². The summed E-state index contributed by atoms with van der Waals surface area (Å²) in [7, 11) is 1.80. The number of amides is 1. The van der Waals surface area contributed by atoms with Crippen LogP contribution >= 0.6 is 0 Å². The maximum absolute atomic E-state index is 13.3. The van der Waals surface area contributed by atoms with Gasteiger partial charge in [0.15, 0.2) is 11.5 Å². The molecule has 1 saturated heterocycles. The van der Waals surface area contributed by atoms with Crippen molar-refractivity contribution in [2.75, 3.05) is 26.4 Å². The Hall–Kier alpha value is -3.32. The fraction of sp³-hybridized carbons (Fsp3) is 0.385. The van der Waals surface area contributed by atoms with Crippen LogP contribution in [-0.4, -0.2) is 53.1 Å². The third-order valence-corrected chi connectivity index (χ3v) is 6.25. The number of ether oxygens (including phenoxy) is 3. The molecule has 1 atom stereocenters. The normalized spacial score (nSPS) is 17.9. The molecular weight excluding hydrogens is 418 g/mol. The summed E-state index contributed by atoms with van der Waals surface area (Å²) in [6, 6.07) is 14.3. The Morgan fingerprint density at radius 1 is 1.15 bits per heavy atom. The topological polar surface area (TPSA) is 65.8 Å². The van der Waals surface area contributed by atoms with Gasteiger partial charge in [-0.3, -0.25) is 9.48 Å². The van der Waals surface area contributed by atoms with Crippen molar-refractivity contribution in [2.24, 2.45) is 7.05 Å². The van der Waals surface area contributed by atoms with Gasteiger partial charge in [0.25, 0.3) is 5.91 Å². The molecule has 0 radical (unpaired) electrons. The van der Waals surface area contributed by atoms with Crippen LogP contribution in [0.5, 0.6) is 11.5 Å². The average molecular weight is 448 g/mol. The van der Waals surface area contributed by atoms with Gasteiger partial charge in [-0.05, 0) is 48.7 Å². The Labute approximate surface area is 193 Å². The lowest BCUT2D eigenvalue weighted by molar-refractivity contribution is 0.0721. The summed E-state index contributed by atoms with van der Waals surface area (Å²) in [6.45, 7) is 6.60. The van der Waals surface area contributed by atoms with Crippen LogP contribution in [0.25, 0.3) is 11.1 Å². The van der Waals surface area contributed by atoms with Gasteiger partial charge >= 0.3 is 0 Å². The second-order valence-corrected chi connectivity index (χ2v) is 8.75. The average Bonchev–Trinajstić information content (AvgIpc) is 3.36. The third-order valence-electron chi connectivity index (χ3n) is 6.25. The highest BCUT2D eigenvalue weighted by atomic mass is 16.6. The Morgan fingerprint density at radius 3 is 2.73 bits per heavy atom. The van der Waals surface area contributed by atoms with E-state index in [1.54, 1.807) is 11.7 Å². The number of nitrogens with zero attached hydrogens (tertiary/aromatic N) is 3. The van der Waals surface area contributed by atoms with Gasteiger partial charge in [-0.15, -0.1) is 0 Å². The van der Waals surface area contributed by atoms with Crippen LogP contribution in [0.1, 0.15) is 33.7 Å². The van der Waals surface area contributed by atoms with Crippen LogP contribution in [0.4, 0.5) is 0 Å². The molecule has 7 heteroatoms. The minimum absolute atomic E-state index is 0.00299. The molecule has 2 aliphatic heterocycles. The number of aryl methyl sites for hydroxylation is 3. The van der Waals surface area contributed by atoms with Gasteiger partial charge in [-0.1, -0.05) is 24.3 Å².